The van der Waals surface area contributed by atoms with E-state index in [1.807, 2.05) is 30.3 Å². The van der Waals surface area contributed by atoms with Gasteiger partial charge in [0, 0.05) is 5.69 Å². The lowest BCUT2D eigenvalue weighted by molar-refractivity contribution is 0.0697. The highest BCUT2D eigenvalue weighted by Gasteiger charge is 2.26. The molecule has 132 valence electrons. The van der Waals surface area contributed by atoms with Crippen LogP contribution in [0.25, 0.3) is 11.0 Å². The molecule has 0 saturated heterocycles. The third kappa shape index (κ3) is 2.61. The van der Waals surface area contributed by atoms with Crippen LogP contribution < -0.4 is 11.2 Å². The average molecular weight is 351 g/mol. The predicted molar refractivity (Wildman–Crippen MR) is 95.8 cm³/mol. The predicted octanol–water partition coefficient (Wildman–Crippen LogP) is 1.71. The molecule has 2 N–H and O–H groups in total. The number of aryl methyl sites for hydroxylation is 1. The fourth-order valence-electron chi connectivity index (χ4n) is 3.61. The summed E-state index contributed by atoms with van der Waals surface area (Å²) >= 11 is 0. The lowest BCUT2D eigenvalue weighted by Crippen LogP contribution is -2.33. The van der Waals surface area contributed by atoms with E-state index in [9.17, 15) is 19.5 Å². The topological polar surface area (TPSA) is 105 Å². The van der Waals surface area contributed by atoms with Crippen LogP contribution in [0.5, 0.6) is 0 Å². The highest BCUT2D eigenvalue weighted by atomic mass is 16.4. The number of hydrogen-bond acceptors (Lipinski definition) is 4. The normalized spacial score (nSPS) is 13.5. The van der Waals surface area contributed by atoms with E-state index in [4.69, 9.17) is 0 Å². The van der Waals surface area contributed by atoms with E-state index in [2.05, 4.69) is 9.97 Å². The Morgan fingerprint density at radius 2 is 1.88 bits per heavy atom. The molecule has 0 saturated carbocycles. The number of fused-ring (bicyclic) bond motifs is 2. The number of pyridine rings is 1. The first-order chi connectivity index (χ1) is 12.6. The van der Waals surface area contributed by atoms with E-state index in [-0.39, 0.29) is 23.1 Å². The molecule has 2 aromatic heterocycles. The van der Waals surface area contributed by atoms with Gasteiger partial charge in [0.05, 0.1) is 17.5 Å². The van der Waals surface area contributed by atoms with Gasteiger partial charge in [0.15, 0.2) is 5.65 Å². The molecule has 2 heterocycles. The Labute approximate surface area is 148 Å². The van der Waals surface area contributed by atoms with Gasteiger partial charge in [0.1, 0.15) is 0 Å². The van der Waals surface area contributed by atoms with Crippen molar-refractivity contribution in [2.75, 3.05) is 0 Å². The molecule has 1 aliphatic rings. The number of aromatic carboxylic acids is 1. The van der Waals surface area contributed by atoms with Crippen molar-refractivity contribution in [3.8, 4) is 0 Å². The summed E-state index contributed by atoms with van der Waals surface area (Å²) in [7, 11) is 0. The molecular weight excluding hydrogens is 334 g/mol. The molecule has 0 unspecified atom stereocenters. The number of H-pyrrole nitrogens is 1. The summed E-state index contributed by atoms with van der Waals surface area (Å²) in [6.07, 6.45) is 3.01. The molecule has 1 aromatic carbocycles. The summed E-state index contributed by atoms with van der Waals surface area (Å²) in [5, 5.41) is 9.73. The molecule has 1 aliphatic carbocycles. The van der Waals surface area contributed by atoms with Crippen molar-refractivity contribution in [3.05, 3.63) is 73.6 Å². The Kier molecular flexibility index (Phi) is 3.91. The minimum Gasteiger partial charge on any atom is -0.478 e. The quantitative estimate of drug-likeness (QED) is 0.747. The highest BCUT2D eigenvalue weighted by molar-refractivity contribution is 6.03. The molecule has 7 nitrogen and oxygen atoms in total. The van der Waals surface area contributed by atoms with Crippen LogP contribution in [0.4, 0.5) is 0 Å². The number of carboxylic acids is 1. The van der Waals surface area contributed by atoms with Crippen LogP contribution in [0.3, 0.4) is 0 Å². The van der Waals surface area contributed by atoms with E-state index in [1.54, 1.807) is 0 Å². The highest BCUT2D eigenvalue weighted by Crippen LogP contribution is 2.27. The zero-order chi connectivity index (χ0) is 18.3. The smallest absolute Gasteiger partial charge is 0.336 e. The fraction of sp³-hybridized carbons (Fsp3) is 0.263. The van der Waals surface area contributed by atoms with Crippen LogP contribution in [-0.2, 0) is 19.4 Å². The molecule has 0 fully saturated rings. The number of carbonyl (C=O) groups is 1. The number of hydrogen-bond donors (Lipinski definition) is 2. The Bertz CT molecular complexity index is 1130. The molecule has 4 rings (SSSR count). The maximum atomic E-state index is 12.4. The van der Waals surface area contributed by atoms with Gasteiger partial charge in [-0.1, -0.05) is 30.3 Å². The van der Waals surface area contributed by atoms with Gasteiger partial charge in [-0.3, -0.25) is 14.3 Å². The molecule has 0 spiro atoms. The summed E-state index contributed by atoms with van der Waals surface area (Å²) in [5.74, 6) is -1.16. The average Bonchev–Trinajstić information content (AvgIpc) is 2.64. The summed E-state index contributed by atoms with van der Waals surface area (Å²) in [4.78, 5) is 43.6. The standard InChI is InChI=1S/C19H17N3O4/c23-17-15-14(18(24)25)12-8-4-5-9-13(12)20-16(15)22(19(26)21-17)10-11-6-2-1-3-7-11/h1-3,6-7H,4-5,8-10H2,(H,24,25)(H,21,23,26). The maximum Gasteiger partial charge on any atom is 0.336 e. The molecule has 26 heavy (non-hydrogen) atoms. The van der Waals surface area contributed by atoms with Crippen molar-refractivity contribution in [1.82, 2.24) is 14.5 Å². The van der Waals surface area contributed by atoms with Crippen LogP contribution in [0.2, 0.25) is 0 Å². The van der Waals surface area contributed by atoms with Gasteiger partial charge in [-0.25, -0.2) is 14.6 Å². The van der Waals surface area contributed by atoms with Crippen molar-refractivity contribution in [1.29, 1.82) is 0 Å². The number of aromatic amines is 1. The van der Waals surface area contributed by atoms with Crippen molar-refractivity contribution in [2.24, 2.45) is 0 Å². The van der Waals surface area contributed by atoms with Crippen LogP contribution in [0.15, 0.2) is 39.9 Å². The minimum absolute atomic E-state index is 0.0197. The van der Waals surface area contributed by atoms with Gasteiger partial charge in [-0.15, -0.1) is 0 Å². The first-order valence-electron chi connectivity index (χ1n) is 8.52. The number of benzene rings is 1. The second-order valence-electron chi connectivity index (χ2n) is 6.45. The SMILES string of the molecule is O=C(O)c1c2c(nc3c1c(=O)[nH]c(=O)n3Cc1ccccc1)CCCC2. The molecule has 0 bridgehead atoms. The zero-order valence-corrected chi connectivity index (χ0v) is 14.0. The fourth-order valence-corrected chi connectivity index (χ4v) is 3.61. The second kappa shape index (κ2) is 6.25. The second-order valence-corrected chi connectivity index (χ2v) is 6.45. The van der Waals surface area contributed by atoms with E-state index in [0.717, 1.165) is 18.4 Å². The van der Waals surface area contributed by atoms with E-state index in [0.29, 0.717) is 24.1 Å². The molecule has 0 atom stereocenters. The van der Waals surface area contributed by atoms with Crippen LogP contribution in [0, 0.1) is 0 Å². The Balaban J connectivity index is 2.07. The first-order valence-corrected chi connectivity index (χ1v) is 8.52. The molecule has 3 aromatic rings. The lowest BCUT2D eigenvalue weighted by atomic mass is 9.90. The van der Waals surface area contributed by atoms with E-state index < -0.39 is 17.2 Å². The van der Waals surface area contributed by atoms with E-state index in [1.165, 1.54) is 4.57 Å². The van der Waals surface area contributed by atoms with Crippen molar-refractivity contribution in [2.45, 2.75) is 32.2 Å². The summed E-state index contributed by atoms with van der Waals surface area (Å²) in [6, 6.07) is 9.30. The lowest BCUT2D eigenvalue weighted by Gasteiger charge is -2.19. The number of aromatic nitrogens is 3. The maximum absolute atomic E-state index is 12.4. The monoisotopic (exact) mass is 351 g/mol. The number of rotatable bonds is 3. The number of nitrogens with one attached hydrogen (secondary N) is 1. The van der Waals surface area contributed by atoms with Gasteiger partial charge in [-0.2, -0.15) is 0 Å². The Morgan fingerprint density at radius 1 is 1.15 bits per heavy atom. The Morgan fingerprint density at radius 3 is 2.62 bits per heavy atom. The third-order valence-electron chi connectivity index (χ3n) is 4.80. The van der Waals surface area contributed by atoms with Crippen molar-refractivity contribution < 1.29 is 9.90 Å². The van der Waals surface area contributed by atoms with Crippen molar-refractivity contribution >= 4 is 17.0 Å². The molecule has 0 amide bonds. The zero-order valence-electron chi connectivity index (χ0n) is 14.0. The largest absolute Gasteiger partial charge is 0.478 e. The summed E-state index contributed by atoms with van der Waals surface area (Å²) in [6.45, 7) is 0.206. The molecular formula is C19H17N3O4. The number of carboxylic acid groups (broad SMARTS) is 1. The van der Waals surface area contributed by atoms with Gasteiger partial charge in [0.2, 0.25) is 0 Å². The Hall–Kier alpha value is -3.22. The van der Waals surface area contributed by atoms with Crippen LogP contribution in [0.1, 0.15) is 40.0 Å². The van der Waals surface area contributed by atoms with Crippen LogP contribution in [-0.4, -0.2) is 25.6 Å². The summed E-state index contributed by atoms with van der Waals surface area (Å²) in [5.41, 5.74) is 0.978. The van der Waals surface area contributed by atoms with Gasteiger partial charge in [-0.05, 0) is 36.8 Å². The van der Waals surface area contributed by atoms with Gasteiger partial charge in [0.25, 0.3) is 5.56 Å². The van der Waals surface area contributed by atoms with Crippen molar-refractivity contribution in [3.63, 3.8) is 0 Å². The van der Waals surface area contributed by atoms with Crippen LogP contribution >= 0.6 is 0 Å². The number of nitrogens with zero attached hydrogens (tertiary/aromatic N) is 2. The summed E-state index contributed by atoms with van der Waals surface area (Å²) < 4.78 is 1.34. The third-order valence-corrected chi connectivity index (χ3v) is 4.80. The first kappa shape index (κ1) is 16.3. The van der Waals surface area contributed by atoms with E-state index >= 15 is 0 Å². The minimum atomic E-state index is -1.16. The van der Waals surface area contributed by atoms with Gasteiger partial charge < -0.3 is 5.11 Å². The molecule has 0 aliphatic heterocycles. The molecule has 0 radical (unpaired) electrons. The molecule has 7 heteroatoms. The van der Waals surface area contributed by atoms with Gasteiger partial charge >= 0.3 is 11.7 Å².